The molecule has 2 rings (SSSR count). The van der Waals surface area contributed by atoms with Crippen LogP contribution in [0.25, 0.3) is 0 Å². The van der Waals surface area contributed by atoms with Crippen LogP contribution in [0.5, 0.6) is 5.75 Å². The Morgan fingerprint density at radius 2 is 2.18 bits per heavy atom. The number of H-pyrrole nitrogens is 1. The van der Waals surface area contributed by atoms with Crippen LogP contribution >= 0.6 is 12.2 Å². The zero-order valence-electron chi connectivity index (χ0n) is 10.1. The number of aromatic nitrogens is 2. The fourth-order valence-corrected chi connectivity index (χ4v) is 2.00. The summed E-state index contributed by atoms with van der Waals surface area (Å²) in [5.41, 5.74) is 2.28. The predicted molar refractivity (Wildman–Crippen MR) is 71.0 cm³/mol. The zero-order valence-corrected chi connectivity index (χ0v) is 10.9. The molecule has 1 N–H and O–H groups in total. The third-order valence-corrected chi connectivity index (χ3v) is 2.84. The first-order valence-corrected chi connectivity index (χ1v) is 6.01. The highest BCUT2D eigenvalue weighted by atomic mass is 32.1. The molecule has 1 heterocycles. The van der Waals surface area contributed by atoms with Gasteiger partial charge in [0.05, 0.1) is 6.54 Å². The summed E-state index contributed by atoms with van der Waals surface area (Å²) in [4.78, 5) is 3.09. The van der Waals surface area contributed by atoms with Crippen LogP contribution in [0.15, 0.2) is 30.5 Å². The van der Waals surface area contributed by atoms with Crippen LogP contribution < -0.4 is 4.74 Å². The van der Waals surface area contributed by atoms with E-state index in [2.05, 4.69) is 18.0 Å². The molecule has 0 radical (unpaired) electrons. The van der Waals surface area contributed by atoms with Gasteiger partial charge in [0.25, 0.3) is 0 Å². The van der Waals surface area contributed by atoms with E-state index < -0.39 is 0 Å². The van der Waals surface area contributed by atoms with Gasteiger partial charge < -0.3 is 14.3 Å². The molecule has 0 unspecified atom stereocenters. The Kier molecular flexibility index (Phi) is 3.64. The molecule has 0 aliphatic heterocycles. The van der Waals surface area contributed by atoms with Crippen molar-refractivity contribution in [3.63, 3.8) is 0 Å². The van der Waals surface area contributed by atoms with Crippen molar-refractivity contribution in [1.82, 2.24) is 9.55 Å². The summed E-state index contributed by atoms with van der Waals surface area (Å²) in [6.45, 7) is 5.43. The Bertz CT molecular complexity index is 557. The molecule has 0 atom stereocenters. The number of hydrogen-bond donors (Lipinski definition) is 1. The second-order valence-electron chi connectivity index (χ2n) is 4.10. The van der Waals surface area contributed by atoms with Crippen molar-refractivity contribution in [1.29, 1.82) is 0 Å². The number of aryl methyl sites for hydroxylation is 2. The maximum absolute atomic E-state index is 5.67. The number of aromatic amines is 1. The second-order valence-corrected chi connectivity index (χ2v) is 4.49. The van der Waals surface area contributed by atoms with Crippen LogP contribution in [-0.4, -0.2) is 16.2 Å². The van der Waals surface area contributed by atoms with Gasteiger partial charge in [0.15, 0.2) is 4.77 Å². The summed E-state index contributed by atoms with van der Waals surface area (Å²) in [5.74, 6) is 0.906. The van der Waals surface area contributed by atoms with Gasteiger partial charge in [-0.15, -0.1) is 0 Å². The minimum Gasteiger partial charge on any atom is -0.492 e. The first-order valence-electron chi connectivity index (χ1n) is 5.60. The summed E-state index contributed by atoms with van der Waals surface area (Å²) < 4.78 is 8.41. The molecule has 1 aromatic carbocycles. The molecular formula is C13H16N2OS. The number of benzene rings is 1. The van der Waals surface area contributed by atoms with Gasteiger partial charge in [-0.1, -0.05) is 12.1 Å². The topological polar surface area (TPSA) is 29.9 Å². The molecule has 0 aliphatic rings. The maximum atomic E-state index is 5.67. The lowest BCUT2D eigenvalue weighted by molar-refractivity contribution is 0.297. The number of rotatable bonds is 4. The van der Waals surface area contributed by atoms with E-state index in [0.29, 0.717) is 6.61 Å². The molecule has 17 heavy (non-hydrogen) atoms. The Morgan fingerprint density at radius 1 is 1.35 bits per heavy atom. The van der Waals surface area contributed by atoms with Gasteiger partial charge in [-0.05, 0) is 43.8 Å². The minimum atomic E-state index is 0.620. The highest BCUT2D eigenvalue weighted by Crippen LogP contribution is 2.12. The Morgan fingerprint density at radius 3 is 2.82 bits per heavy atom. The van der Waals surface area contributed by atoms with Crippen LogP contribution in [0.2, 0.25) is 0 Å². The van der Waals surface area contributed by atoms with E-state index in [4.69, 9.17) is 17.0 Å². The summed E-state index contributed by atoms with van der Waals surface area (Å²) >= 11 is 5.18. The van der Waals surface area contributed by atoms with Gasteiger partial charge >= 0.3 is 0 Å². The van der Waals surface area contributed by atoms with E-state index in [0.717, 1.165) is 22.8 Å². The smallest absolute Gasteiger partial charge is 0.177 e. The molecule has 3 nitrogen and oxygen atoms in total. The third-order valence-electron chi connectivity index (χ3n) is 2.50. The molecule has 0 saturated heterocycles. The Balaban J connectivity index is 1.92. The van der Waals surface area contributed by atoms with E-state index in [9.17, 15) is 0 Å². The number of hydrogen-bond acceptors (Lipinski definition) is 2. The van der Waals surface area contributed by atoms with Crippen LogP contribution in [-0.2, 0) is 6.54 Å². The van der Waals surface area contributed by atoms with E-state index in [-0.39, 0.29) is 0 Å². The third kappa shape index (κ3) is 3.20. The van der Waals surface area contributed by atoms with Crippen molar-refractivity contribution in [3.05, 3.63) is 46.5 Å². The second kappa shape index (κ2) is 5.19. The van der Waals surface area contributed by atoms with Crippen molar-refractivity contribution in [2.75, 3.05) is 6.61 Å². The number of imidazole rings is 1. The lowest BCUT2D eigenvalue weighted by Gasteiger charge is -2.07. The fraction of sp³-hybridized carbons (Fsp3) is 0.308. The number of nitrogens with zero attached hydrogens (tertiary/aromatic N) is 1. The van der Waals surface area contributed by atoms with Crippen LogP contribution in [0, 0.1) is 18.6 Å². The van der Waals surface area contributed by atoms with Crippen molar-refractivity contribution < 1.29 is 4.74 Å². The van der Waals surface area contributed by atoms with Gasteiger partial charge in [-0.25, -0.2) is 0 Å². The quantitative estimate of drug-likeness (QED) is 0.842. The minimum absolute atomic E-state index is 0.620. The zero-order chi connectivity index (χ0) is 12.3. The highest BCUT2D eigenvalue weighted by molar-refractivity contribution is 7.71. The monoisotopic (exact) mass is 248 g/mol. The summed E-state index contributed by atoms with van der Waals surface area (Å²) in [6, 6.07) is 8.05. The highest BCUT2D eigenvalue weighted by Gasteiger charge is 1.98. The Labute approximate surface area is 106 Å². The largest absolute Gasteiger partial charge is 0.492 e. The van der Waals surface area contributed by atoms with Crippen molar-refractivity contribution in [2.24, 2.45) is 0 Å². The maximum Gasteiger partial charge on any atom is 0.177 e. The molecule has 0 bridgehead atoms. The van der Waals surface area contributed by atoms with Gasteiger partial charge in [-0.2, -0.15) is 0 Å². The van der Waals surface area contributed by atoms with Crippen LogP contribution in [0.4, 0.5) is 0 Å². The lowest BCUT2D eigenvalue weighted by Crippen LogP contribution is -2.07. The van der Waals surface area contributed by atoms with E-state index >= 15 is 0 Å². The number of ether oxygens (including phenoxy) is 1. The van der Waals surface area contributed by atoms with E-state index in [1.54, 1.807) is 0 Å². The molecule has 4 heteroatoms. The Hall–Kier alpha value is -1.55. The molecule has 0 saturated carbocycles. The molecule has 1 aromatic heterocycles. The SMILES string of the molecule is Cc1cccc(OCCn2cc(C)[nH]c2=S)c1. The van der Waals surface area contributed by atoms with Gasteiger partial charge in [0.1, 0.15) is 12.4 Å². The molecule has 90 valence electrons. The standard InChI is InChI=1S/C13H16N2OS/c1-10-4-3-5-12(8-10)16-7-6-15-9-11(2)14-13(15)17/h3-5,8-9H,6-7H2,1-2H3,(H,14,17). The van der Waals surface area contributed by atoms with Crippen molar-refractivity contribution >= 4 is 12.2 Å². The normalized spacial score (nSPS) is 10.5. The molecule has 0 aliphatic carbocycles. The van der Waals surface area contributed by atoms with Crippen molar-refractivity contribution in [2.45, 2.75) is 20.4 Å². The molecule has 0 spiro atoms. The summed E-state index contributed by atoms with van der Waals surface area (Å²) in [6.07, 6.45) is 2.00. The van der Waals surface area contributed by atoms with Gasteiger partial charge in [0, 0.05) is 11.9 Å². The number of nitrogens with one attached hydrogen (secondary N) is 1. The van der Waals surface area contributed by atoms with E-state index in [1.807, 2.05) is 35.9 Å². The lowest BCUT2D eigenvalue weighted by atomic mass is 10.2. The first kappa shape index (κ1) is 11.9. The van der Waals surface area contributed by atoms with Crippen LogP contribution in [0.1, 0.15) is 11.3 Å². The molecular weight excluding hydrogens is 232 g/mol. The van der Waals surface area contributed by atoms with Gasteiger partial charge in [-0.3, -0.25) is 0 Å². The van der Waals surface area contributed by atoms with Crippen LogP contribution in [0.3, 0.4) is 0 Å². The molecule has 0 fully saturated rings. The van der Waals surface area contributed by atoms with Crippen molar-refractivity contribution in [3.8, 4) is 5.75 Å². The average molecular weight is 248 g/mol. The summed E-state index contributed by atoms with van der Waals surface area (Å²) in [5, 5.41) is 0. The average Bonchev–Trinajstić information content (AvgIpc) is 2.58. The van der Waals surface area contributed by atoms with E-state index in [1.165, 1.54) is 5.56 Å². The predicted octanol–water partition coefficient (Wildman–Crippen LogP) is 3.24. The fourth-order valence-electron chi connectivity index (χ4n) is 1.70. The first-order chi connectivity index (χ1) is 8.15. The molecule has 2 aromatic rings. The molecule has 0 amide bonds. The summed E-state index contributed by atoms with van der Waals surface area (Å²) in [7, 11) is 0. The van der Waals surface area contributed by atoms with Gasteiger partial charge in [0.2, 0.25) is 0 Å².